The van der Waals surface area contributed by atoms with Crippen molar-refractivity contribution < 1.29 is 9.18 Å². The van der Waals surface area contributed by atoms with Crippen LogP contribution in [0.25, 0.3) is 0 Å². The van der Waals surface area contributed by atoms with Crippen LogP contribution >= 0.6 is 27.3 Å². The number of rotatable bonds is 2. The number of aryl methyl sites for hydroxylation is 1. The van der Waals surface area contributed by atoms with Crippen molar-refractivity contribution in [2.75, 3.05) is 11.1 Å². The summed E-state index contributed by atoms with van der Waals surface area (Å²) in [5, 5.41) is 2.67. The monoisotopic (exact) mass is 328 g/mol. The zero-order valence-electron chi connectivity index (χ0n) is 9.46. The molecule has 0 saturated carbocycles. The largest absolute Gasteiger partial charge is 0.396 e. The Balaban J connectivity index is 2.18. The van der Waals surface area contributed by atoms with Gasteiger partial charge in [0.2, 0.25) is 0 Å². The molecular weight excluding hydrogens is 319 g/mol. The van der Waals surface area contributed by atoms with Gasteiger partial charge in [-0.1, -0.05) is 0 Å². The fraction of sp³-hybridized carbons (Fsp3) is 0.0833. The Morgan fingerprint density at radius 3 is 2.72 bits per heavy atom. The highest BCUT2D eigenvalue weighted by atomic mass is 79.9. The van der Waals surface area contributed by atoms with E-state index in [0.29, 0.717) is 10.6 Å². The first-order chi connectivity index (χ1) is 8.47. The average molecular weight is 329 g/mol. The van der Waals surface area contributed by atoms with E-state index in [1.54, 1.807) is 6.07 Å². The van der Waals surface area contributed by atoms with Gasteiger partial charge >= 0.3 is 0 Å². The molecule has 0 unspecified atom stereocenters. The number of nitrogens with one attached hydrogen (secondary N) is 1. The summed E-state index contributed by atoms with van der Waals surface area (Å²) in [5.41, 5.74) is 6.92. The van der Waals surface area contributed by atoms with Crippen LogP contribution in [-0.2, 0) is 0 Å². The molecule has 2 rings (SSSR count). The van der Waals surface area contributed by atoms with Gasteiger partial charge in [-0.25, -0.2) is 4.39 Å². The van der Waals surface area contributed by atoms with Crippen molar-refractivity contribution in [3.63, 3.8) is 0 Å². The molecule has 3 nitrogen and oxygen atoms in total. The first kappa shape index (κ1) is 13.0. The van der Waals surface area contributed by atoms with E-state index in [9.17, 15) is 9.18 Å². The first-order valence-electron chi connectivity index (χ1n) is 5.09. The minimum atomic E-state index is -0.497. The van der Waals surface area contributed by atoms with Gasteiger partial charge in [-0.05, 0) is 52.7 Å². The predicted octanol–water partition coefficient (Wildman–Crippen LogP) is 3.79. The molecule has 1 aromatic carbocycles. The molecule has 1 amide bonds. The van der Waals surface area contributed by atoms with Gasteiger partial charge < -0.3 is 11.1 Å². The highest BCUT2D eigenvalue weighted by Gasteiger charge is 2.12. The molecular formula is C12H10BrFN2OS. The van der Waals surface area contributed by atoms with Gasteiger partial charge in [0, 0.05) is 5.69 Å². The van der Waals surface area contributed by atoms with Crippen LogP contribution in [-0.4, -0.2) is 5.91 Å². The second kappa shape index (κ2) is 5.07. The third-order valence-electron chi connectivity index (χ3n) is 2.33. The molecule has 2 aromatic rings. The molecule has 18 heavy (non-hydrogen) atoms. The van der Waals surface area contributed by atoms with E-state index in [1.165, 1.54) is 29.5 Å². The maximum absolute atomic E-state index is 13.0. The van der Waals surface area contributed by atoms with E-state index >= 15 is 0 Å². The summed E-state index contributed by atoms with van der Waals surface area (Å²) in [4.78, 5) is 12.5. The minimum absolute atomic E-state index is 0.0105. The Hall–Kier alpha value is -1.40. The summed E-state index contributed by atoms with van der Waals surface area (Å²) in [6.07, 6.45) is 0. The summed E-state index contributed by atoms with van der Waals surface area (Å²) in [6.45, 7) is 1.91. The van der Waals surface area contributed by atoms with Crippen LogP contribution in [0.15, 0.2) is 28.1 Å². The van der Waals surface area contributed by atoms with Crippen molar-refractivity contribution in [1.82, 2.24) is 0 Å². The van der Waals surface area contributed by atoms with Crippen LogP contribution in [0, 0.1) is 12.7 Å². The van der Waals surface area contributed by atoms with Crippen molar-refractivity contribution in [3.8, 4) is 0 Å². The van der Waals surface area contributed by atoms with Gasteiger partial charge in [0.15, 0.2) is 0 Å². The topological polar surface area (TPSA) is 55.1 Å². The third kappa shape index (κ3) is 2.70. The number of benzene rings is 1. The lowest BCUT2D eigenvalue weighted by Gasteiger charge is -2.04. The third-order valence-corrected chi connectivity index (χ3v) is 4.47. The Morgan fingerprint density at radius 1 is 1.44 bits per heavy atom. The number of nitrogen functional groups attached to an aromatic ring is 1. The van der Waals surface area contributed by atoms with Gasteiger partial charge in [0.1, 0.15) is 5.82 Å². The van der Waals surface area contributed by atoms with Crippen LogP contribution in [0.5, 0.6) is 0 Å². The summed E-state index contributed by atoms with van der Waals surface area (Å²) >= 11 is 4.71. The SMILES string of the molecule is Cc1cc(C(=O)Nc2ccc(F)c(N)c2)sc1Br. The molecule has 0 spiro atoms. The summed E-state index contributed by atoms with van der Waals surface area (Å²) in [5.74, 6) is -0.734. The number of amides is 1. The second-order valence-electron chi connectivity index (χ2n) is 3.76. The lowest BCUT2D eigenvalue weighted by molar-refractivity contribution is 0.103. The van der Waals surface area contributed by atoms with Gasteiger partial charge in [0.05, 0.1) is 14.4 Å². The van der Waals surface area contributed by atoms with Crippen molar-refractivity contribution in [2.24, 2.45) is 0 Å². The molecule has 0 atom stereocenters. The highest BCUT2D eigenvalue weighted by Crippen LogP contribution is 2.28. The van der Waals surface area contributed by atoms with Crippen LogP contribution < -0.4 is 11.1 Å². The predicted molar refractivity (Wildman–Crippen MR) is 75.5 cm³/mol. The van der Waals surface area contributed by atoms with Crippen molar-refractivity contribution in [2.45, 2.75) is 6.92 Å². The number of hydrogen-bond acceptors (Lipinski definition) is 3. The number of nitrogens with two attached hydrogens (primary N) is 1. The van der Waals surface area contributed by atoms with E-state index in [2.05, 4.69) is 21.2 Å². The number of carbonyl (C=O) groups is 1. The number of halogens is 2. The molecule has 1 aromatic heterocycles. The fourth-order valence-corrected chi connectivity index (χ4v) is 2.82. The van der Waals surface area contributed by atoms with E-state index in [4.69, 9.17) is 5.73 Å². The van der Waals surface area contributed by atoms with Crippen molar-refractivity contribution in [1.29, 1.82) is 0 Å². The lowest BCUT2D eigenvalue weighted by atomic mass is 10.2. The Bertz CT molecular complexity index is 593. The number of anilines is 2. The summed E-state index contributed by atoms with van der Waals surface area (Å²) in [7, 11) is 0. The van der Waals surface area contributed by atoms with E-state index < -0.39 is 5.82 Å². The molecule has 94 valence electrons. The molecule has 0 aliphatic rings. The molecule has 3 N–H and O–H groups in total. The first-order valence-corrected chi connectivity index (χ1v) is 6.70. The van der Waals surface area contributed by atoms with Crippen LogP contribution in [0.3, 0.4) is 0 Å². The maximum atomic E-state index is 13.0. The lowest BCUT2D eigenvalue weighted by Crippen LogP contribution is -2.10. The fourth-order valence-electron chi connectivity index (χ4n) is 1.39. The number of thiophene rings is 1. The molecule has 0 aliphatic carbocycles. The van der Waals surface area contributed by atoms with Gasteiger partial charge in [0.25, 0.3) is 5.91 Å². The second-order valence-corrected chi connectivity index (χ2v) is 6.13. The minimum Gasteiger partial charge on any atom is -0.396 e. The zero-order chi connectivity index (χ0) is 13.3. The molecule has 0 bridgehead atoms. The molecule has 1 heterocycles. The Morgan fingerprint density at radius 2 is 2.17 bits per heavy atom. The van der Waals surface area contributed by atoms with Gasteiger partial charge in [-0.3, -0.25) is 4.79 Å². The van der Waals surface area contributed by atoms with E-state index in [-0.39, 0.29) is 11.6 Å². The van der Waals surface area contributed by atoms with E-state index in [1.807, 2.05) is 6.92 Å². The summed E-state index contributed by atoms with van der Waals surface area (Å²) < 4.78 is 13.9. The van der Waals surface area contributed by atoms with Crippen LogP contribution in [0.2, 0.25) is 0 Å². The van der Waals surface area contributed by atoms with Crippen LogP contribution in [0.1, 0.15) is 15.2 Å². The maximum Gasteiger partial charge on any atom is 0.265 e. The highest BCUT2D eigenvalue weighted by molar-refractivity contribution is 9.11. The van der Waals surface area contributed by atoms with Crippen molar-refractivity contribution in [3.05, 3.63) is 44.3 Å². The molecule has 6 heteroatoms. The number of carbonyl (C=O) groups excluding carboxylic acids is 1. The van der Waals surface area contributed by atoms with Crippen molar-refractivity contribution >= 4 is 44.5 Å². The quantitative estimate of drug-likeness (QED) is 0.824. The zero-order valence-corrected chi connectivity index (χ0v) is 11.9. The molecule has 0 aliphatic heterocycles. The molecule has 0 saturated heterocycles. The van der Waals surface area contributed by atoms with Crippen LogP contribution in [0.4, 0.5) is 15.8 Å². The molecule has 0 fully saturated rings. The summed E-state index contributed by atoms with van der Waals surface area (Å²) in [6, 6.07) is 5.87. The normalized spacial score (nSPS) is 10.4. The standard InChI is InChI=1S/C12H10BrFN2OS/c1-6-4-10(18-11(6)13)12(17)16-7-2-3-8(14)9(15)5-7/h2-5H,15H2,1H3,(H,16,17). The smallest absolute Gasteiger partial charge is 0.265 e. The Labute approximate surface area is 116 Å². The van der Waals surface area contributed by atoms with Gasteiger partial charge in [-0.2, -0.15) is 0 Å². The van der Waals surface area contributed by atoms with Gasteiger partial charge in [-0.15, -0.1) is 11.3 Å². The molecule has 0 radical (unpaired) electrons. The van der Waals surface area contributed by atoms with E-state index in [0.717, 1.165) is 9.35 Å². The number of hydrogen-bond donors (Lipinski definition) is 2. The average Bonchev–Trinajstić information content (AvgIpc) is 2.65. The Kier molecular flexibility index (Phi) is 3.68.